The van der Waals surface area contributed by atoms with Crippen LogP contribution in [0.15, 0.2) is 24.4 Å². The number of hydrogen-bond acceptors (Lipinski definition) is 4. The van der Waals surface area contributed by atoms with Crippen molar-refractivity contribution in [2.24, 2.45) is 5.73 Å². The van der Waals surface area contributed by atoms with Gasteiger partial charge in [0.05, 0.1) is 6.42 Å². The number of H-pyrrole nitrogens is 1. The molecule has 126 valence electrons. The van der Waals surface area contributed by atoms with Crippen LogP contribution in [0.25, 0.3) is 0 Å². The van der Waals surface area contributed by atoms with Crippen molar-refractivity contribution in [3.63, 3.8) is 0 Å². The Kier molecular flexibility index (Phi) is 4.59. The molecule has 1 saturated heterocycles. The first-order chi connectivity index (χ1) is 11.5. The number of carbonyl (C=O) groups excluding carboxylic acids is 2. The smallest absolute Gasteiger partial charge is 0.269 e. The fourth-order valence-electron chi connectivity index (χ4n) is 3.02. The van der Waals surface area contributed by atoms with Gasteiger partial charge in [0.2, 0.25) is 5.91 Å². The molecule has 2 aromatic heterocycles. The lowest BCUT2D eigenvalue weighted by atomic mass is 9.94. The van der Waals surface area contributed by atoms with E-state index in [0.29, 0.717) is 13.0 Å². The van der Waals surface area contributed by atoms with E-state index in [1.807, 2.05) is 24.0 Å². The molecule has 3 heterocycles. The van der Waals surface area contributed by atoms with E-state index < -0.39 is 5.91 Å². The lowest BCUT2D eigenvalue weighted by Crippen LogP contribution is -2.40. The summed E-state index contributed by atoms with van der Waals surface area (Å²) in [5.41, 5.74) is 8.19. The van der Waals surface area contributed by atoms with E-state index in [4.69, 9.17) is 5.73 Å². The molecule has 0 aromatic carbocycles. The third-order valence-electron chi connectivity index (χ3n) is 4.39. The van der Waals surface area contributed by atoms with Crippen LogP contribution in [0, 0.1) is 6.92 Å². The molecule has 2 amide bonds. The maximum atomic E-state index is 12.5. The number of aryl methyl sites for hydroxylation is 1. The highest BCUT2D eigenvalue weighted by molar-refractivity contribution is 5.90. The monoisotopic (exact) mass is 327 g/mol. The summed E-state index contributed by atoms with van der Waals surface area (Å²) in [6, 6.07) is 5.54. The number of nitrogens with zero attached hydrogens (tertiary/aromatic N) is 3. The highest BCUT2D eigenvalue weighted by Gasteiger charge is 2.26. The number of hydrogen-bond donors (Lipinski definition) is 2. The molecule has 1 aliphatic rings. The molecule has 1 fully saturated rings. The van der Waals surface area contributed by atoms with Crippen molar-refractivity contribution in [3.8, 4) is 0 Å². The summed E-state index contributed by atoms with van der Waals surface area (Å²) in [6.07, 6.45) is 3.99. The van der Waals surface area contributed by atoms with Gasteiger partial charge in [-0.05, 0) is 37.5 Å². The number of amides is 2. The average Bonchev–Trinajstić information content (AvgIpc) is 3.07. The van der Waals surface area contributed by atoms with Gasteiger partial charge in [0.1, 0.15) is 5.69 Å². The Hall–Kier alpha value is -2.70. The Balaban J connectivity index is 1.64. The van der Waals surface area contributed by atoms with Crippen LogP contribution in [0.3, 0.4) is 0 Å². The number of rotatable bonds is 4. The lowest BCUT2D eigenvalue weighted by Gasteiger charge is -2.32. The summed E-state index contributed by atoms with van der Waals surface area (Å²) >= 11 is 0. The molecule has 7 nitrogen and oxygen atoms in total. The zero-order chi connectivity index (χ0) is 17.1. The number of nitrogens with two attached hydrogens (primary N) is 1. The lowest BCUT2D eigenvalue weighted by molar-refractivity contribution is -0.131. The fourth-order valence-corrected chi connectivity index (χ4v) is 3.02. The molecular formula is C17H21N5O2. The SMILES string of the molecule is Cc1ccc(CC(=O)N2CCC[C@@H](c3cc(C(N)=O)n[nH]3)C2)cn1. The first kappa shape index (κ1) is 16.2. The second-order valence-corrected chi connectivity index (χ2v) is 6.24. The molecule has 0 unspecified atom stereocenters. The Bertz CT molecular complexity index is 738. The van der Waals surface area contributed by atoms with Gasteiger partial charge in [0.15, 0.2) is 0 Å². The van der Waals surface area contributed by atoms with Gasteiger partial charge >= 0.3 is 0 Å². The summed E-state index contributed by atoms with van der Waals surface area (Å²) in [6.45, 7) is 3.30. The highest BCUT2D eigenvalue weighted by Crippen LogP contribution is 2.26. The third kappa shape index (κ3) is 3.61. The number of aromatic amines is 1. The predicted octanol–water partition coefficient (Wildman–Crippen LogP) is 1.16. The molecule has 7 heteroatoms. The second-order valence-electron chi connectivity index (χ2n) is 6.24. The first-order valence-electron chi connectivity index (χ1n) is 8.07. The summed E-state index contributed by atoms with van der Waals surface area (Å²) in [7, 11) is 0. The van der Waals surface area contributed by atoms with Crippen molar-refractivity contribution < 1.29 is 9.59 Å². The molecule has 1 atom stereocenters. The van der Waals surface area contributed by atoms with Gasteiger partial charge < -0.3 is 10.6 Å². The fraction of sp³-hybridized carbons (Fsp3) is 0.412. The maximum absolute atomic E-state index is 12.5. The molecule has 0 saturated carbocycles. The normalized spacial score (nSPS) is 17.7. The minimum Gasteiger partial charge on any atom is -0.364 e. The van der Waals surface area contributed by atoms with Crippen molar-refractivity contribution in [2.75, 3.05) is 13.1 Å². The van der Waals surface area contributed by atoms with E-state index in [9.17, 15) is 9.59 Å². The standard InChI is InChI=1S/C17H21N5O2/c1-11-4-5-12(9-19-11)7-16(23)22-6-2-3-13(10-22)14-8-15(17(18)24)21-20-14/h4-5,8-9,13H,2-3,6-7,10H2,1H3,(H2,18,24)(H,20,21)/t13-/m1/s1. The molecule has 0 aliphatic carbocycles. The zero-order valence-electron chi connectivity index (χ0n) is 13.7. The highest BCUT2D eigenvalue weighted by atomic mass is 16.2. The van der Waals surface area contributed by atoms with Crippen LogP contribution in [-0.4, -0.2) is 45.0 Å². The number of aromatic nitrogens is 3. The van der Waals surface area contributed by atoms with Crippen LogP contribution < -0.4 is 5.73 Å². The summed E-state index contributed by atoms with van der Waals surface area (Å²) in [4.78, 5) is 29.8. The number of piperidine rings is 1. The van der Waals surface area contributed by atoms with E-state index >= 15 is 0 Å². The van der Waals surface area contributed by atoms with Gasteiger partial charge in [-0.2, -0.15) is 5.10 Å². The summed E-state index contributed by atoms with van der Waals surface area (Å²) in [5.74, 6) is -0.299. The van der Waals surface area contributed by atoms with Gasteiger partial charge in [0.25, 0.3) is 5.91 Å². The number of primary amides is 1. The predicted molar refractivity (Wildman–Crippen MR) is 88.3 cm³/mol. The quantitative estimate of drug-likeness (QED) is 0.879. The molecule has 3 N–H and O–H groups in total. The number of carbonyl (C=O) groups is 2. The van der Waals surface area contributed by atoms with Crippen LogP contribution in [0.5, 0.6) is 0 Å². The Morgan fingerprint density at radius 3 is 2.92 bits per heavy atom. The Labute approximate surface area is 140 Å². The van der Waals surface area contributed by atoms with Gasteiger partial charge in [-0.1, -0.05) is 6.07 Å². The molecule has 24 heavy (non-hydrogen) atoms. The number of nitrogens with one attached hydrogen (secondary N) is 1. The van der Waals surface area contributed by atoms with Gasteiger partial charge in [-0.3, -0.25) is 19.7 Å². The topological polar surface area (TPSA) is 105 Å². The molecule has 2 aromatic rings. The van der Waals surface area contributed by atoms with Crippen molar-refractivity contribution in [1.29, 1.82) is 0 Å². The molecule has 0 radical (unpaired) electrons. The summed E-state index contributed by atoms with van der Waals surface area (Å²) in [5, 5.41) is 6.80. The van der Waals surface area contributed by atoms with Gasteiger partial charge in [0, 0.05) is 36.6 Å². The van der Waals surface area contributed by atoms with E-state index in [2.05, 4.69) is 15.2 Å². The van der Waals surface area contributed by atoms with Crippen molar-refractivity contribution in [1.82, 2.24) is 20.1 Å². The average molecular weight is 327 g/mol. The van der Waals surface area contributed by atoms with Crippen LogP contribution in [0.1, 0.15) is 46.2 Å². The largest absolute Gasteiger partial charge is 0.364 e. The van der Waals surface area contributed by atoms with Gasteiger partial charge in [-0.15, -0.1) is 0 Å². The Morgan fingerprint density at radius 2 is 2.25 bits per heavy atom. The number of pyridine rings is 1. The summed E-state index contributed by atoms with van der Waals surface area (Å²) < 4.78 is 0. The van der Waals surface area contributed by atoms with E-state index in [-0.39, 0.29) is 17.5 Å². The van der Waals surface area contributed by atoms with Crippen molar-refractivity contribution in [3.05, 3.63) is 47.0 Å². The van der Waals surface area contributed by atoms with E-state index in [1.165, 1.54) is 0 Å². The van der Waals surface area contributed by atoms with Crippen LogP contribution in [-0.2, 0) is 11.2 Å². The first-order valence-corrected chi connectivity index (χ1v) is 8.07. The van der Waals surface area contributed by atoms with Crippen molar-refractivity contribution >= 4 is 11.8 Å². The third-order valence-corrected chi connectivity index (χ3v) is 4.39. The minimum atomic E-state index is -0.548. The molecule has 0 bridgehead atoms. The number of likely N-dealkylation sites (tertiary alicyclic amines) is 1. The second kappa shape index (κ2) is 6.82. The molecule has 3 rings (SSSR count). The Morgan fingerprint density at radius 1 is 1.42 bits per heavy atom. The molecule has 1 aliphatic heterocycles. The van der Waals surface area contributed by atoms with Crippen LogP contribution >= 0.6 is 0 Å². The van der Waals surface area contributed by atoms with Crippen molar-refractivity contribution in [2.45, 2.75) is 32.1 Å². The zero-order valence-corrected chi connectivity index (χ0v) is 13.7. The maximum Gasteiger partial charge on any atom is 0.269 e. The molecule has 0 spiro atoms. The van der Waals surface area contributed by atoms with Gasteiger partial charge in [-0.25, -0.2) is 0 Å². The van der Waals surface area contributed by atoms with E-state index in [0.717, 1.165) is 36.3 Å². The van der Waals surface area contributed by atoms with Crippen LogP contribution in [0.2, 0.25) is 0 Å². The van der Waals surface area contributed by atoms with Crippen LogP contribution in [0.4, 0.5) is 0 Å². The molecular weight excluding hydrogens is 306 g/mol. The van der Waals surface area contributed by atoms with E-state index in [1.54, 1.807) is 12.3 Å². The minimum absolute atomic E-state index is 0.0972.